The lowest BCUT2D eigenvalue weighted by Crippen LogP contribution is -2.15. The number of carbonyl (C=O) groups is 1. The van der Waals surface area contributed by atoms with Gasteiger partial charge in [-0.15, -0.1) is 0 Å². The van der Waals surface area contributed by atoms with Crippen LogP contribution < -0.4 is 19.5 Å². The molecule has 1 N–H and O–H groups in total. The summed E-state index contributed by atoms with van der Waals surface area (Å²) in [5.74, 6) is 1.93. The van der Waals surface area contributed by atoms with Gasteiger partial charge in [0.25, 0.3) is 0 Å². The van der Waals surface area contributed by atoms with Gasteiger partial charge in [-0.2, -0.15) is 0 Å². The lowest BCUT2D eigenvalue weighted by molar-refractivity contribution is -0.115. The van der Waals surface area contributed by atoms with Crippen molar-refractivity contribution in [3.05, 3.63) is 47.5 Å². The molecule has 0 fully saturated rings. The molecule has 0 saturated carbocycles. The van der Waals surface area contributed by atoms with Crippen molar-refractivity contribution in [1.29, 1.82) is 0 Å². The minimum Gasteiger partial charge on any atom is -0.497 e. The first-order chi connectivity index (χ1) is 11.1. The number of hydrogen-bond acceptors (Lipinski definition) is 4. The van der Waals surface area contributed by atoms with Gasteiger partial charge in [-0.05, 0) is 54.4 Å². The Morgan fingerprint density at radius 3 is 2.13 bits per heavy atom. The molecule has 23 heavy (non-hydrogen) atoms. The molecule has 2 rings (SSSR count). The van der Waals surface area contributed by atoms with Crippen molar-refractivity contribution >= 4 is 11.6 Å². The summed E-state index contributed by atoms with van der Waals surface area (Å²) in [6, 6.07) is 10.9. The van der Waals surface area contributed by atoms with E-state index in [1.807, 2.05) is 19.1 Å². The highest BCUT2D eigenvalue weighted by molar-refractivity contribution is 5.92. The Labute approximate surface area is 136 Å². The van der Waals surface area contributed by atoms with Gasteiger partial charge in [0.15, 0.2) is 11.5 Å². The summed E-state index contributed by atoms with van der Waals surface area (Å²) < 4.78 is 15.6. The minimum absolute atomic E-state index is 0.0921. The van der Waals surface area contributed by atoms with Crippen LogP contribution in [0.4, 0.5) is 5.69 Å². The maximum atomic E-state index is 12.2. The Bertz CT molecular complexity index is 680. The number of nitrogens with one attached hydrogen (secondary N) is 1. The first kappa shape index (κ1) is 16.7. The maximum absolute atomic E-state index is 12.2. The van der Waals surface area contributed by atoms with Crippen molar-refractivity contribution in [2.75, 3.05) is 26.6 Å². The standard InChI is InChI=1S/C18H21NO4/c1-12-9-16(22-3)17(23-4)10-13(12)11-18(20)19-14-5-7-15(21-2)8-6-14/h5-10H,11H2,1-4H3,(H,19,20). The molecule has 0 aliphatic carbocycles. The first-order valence-corrected chi connectivity index (χ1v) is 7.22. The average Bonchev–Trinajstić information content (AvgIpc) is 2.56. The van der Waals surface area contributed by atoms with Crippen LogP contribution in [0.3, 0.4) is 0 Å². The van der Waals surface area contributed by atoms with E-state index in [-0.39, 0.29) is 12.3 Å². The van der Waals surface area contributed by atoms with Crippen LogP contribution in [0.5, 0.6) is 17.2 Å². The van der Waals surface area contributed by atoms with Crippen LogP contribution >= 0.6 is 0 Å². The molecule has 0 radical (unpaired) electrons. The molecule has 0 spiro atoms. The summed E-state index contributed by atoms with van der Waals surface area (Å²) in [6.45, 7) is 1.94. The number of ether oxygens (including phenoxy) is 3. The summed E-state index contributed by atoms with van der Waals surface area (Å²) in [7, 11) is 4.77. The molecule has 0 atom stereocenters. The largest absolute Gasteiger partial charge is 0.497 e. The van der Waals surface area contributed by atoms with Gasteiger partial charge < -0.3 is 19.5 Å². The van der Waals surface area contributed by atoms with Crippen LogP contribution in [0.25, 0.3) is 0 Å². The van der Waals surface area contributed by atoms with E-state index in [1.165, 1.54) is 0 Å². The average molecular weight is 315 g/mol. The third-order valence-electron chi connectivity index (χ3n) is 3.57. The first-order valence-electron chi connectivity index (χ1n) is 7.22. The lowest BCUT2D eigenvalue weighted by Gasteiger charge is -2.13. The zero-order valence-electron chi connectivity index (χ0n) is 13.8. The molecule has 0 aliphatic heterocycles. The Balaban J connectivity index is 2.10. The van der Waals surface area contributed by atoms with E-state index in [2.05, 4.69) is 5.32 Å². The zero-order chi connectivity index (χ0) is 16.8. The number of rotatable bonds is 6. The smallest absolute Gasteiger partial charge is 0.228 e. The van der Waals surface area contributed by atoms with Gasteiger partial charge in [-0.25, -0.2) is 0 Å². The quantitative estimate of drug-likeness (QED) is 0.889. The van der Waals surface area contributed by atoms with Gasteiger partial charge in [0.1, 0.15) is 5.75 Å². The van der Waals surface area contributed by atoms with Crippen LogP contribution in [0.15, 0.2) is 36.4 Å². The molecule has 5 nitrogen and oxygen atoms in total. The number of amides is 1. The second-order valence-electron chi connectivity index (χ2n) is 5.09. The molecule has 0 saturated heterocycles. The van der Waals surface area contributed by atoms with E-state index in [0.717, 1.165) is 22.6 Å². The van der Waals surface area contributed by atoms with Crippen molar-refractivity contribution in [3.63, 3.8) is 0 Å². The number of carbonyl (C=O) groups excluding carboxylic acids is 1. The summed E-state index contributed by atoms with van der Waals surface area (Å²) in [6.07, 6.45) is 0.262. The minimum atomic E-state index is -0.0921. The SMILES string of the molecule is COc1ccc(NC(=O)Cc2cc(OC)c(OC)cc2C)cc1. The summed E-state index contributed by atoms with van der Waals surface area (Å²) >= 11 is 0. The number of hydrogen-bond donors (Lipinski definition) is 1. The monoisotopic (exact) mass is 315 g/mol. The molecule has 0 aromatic heterocycles. The second-order valence-corrected chi connectivity index (χ2v) is 5.09. The van der Waals surface area contributed by atoms with Crippen LogP contribution in [0.1, 0.15) is 11.1 Å². The Morgan fingerprint density at radius 1 is 0.957 bits per heavy atom. The zero-order valence-corrected chi connectivity index (χ0v) is 13.8. The van der Waals surface area contributed by atoms with Gasteiger partial charge in [-0.1, -0.05) is 0 Å². The Kier molecular flexibility index (Phi) is 5.46. The van der Waals surface area contributed by atoms with Crippen LogP contribution in [0, 0.1) is 6.92 Å². The van der Waals surface area contributed by atoms with Crippen molar-refractivity contribution in [2.24, 2.45) is 0 Å². The van der Waals surface area contributed by atoms with Gasteiger partial charge in [0.05, 0.1) is 27.8 Å². The number of aryl methyl sites for hydroxylation is 1. The van der Waals surface area contributed by atoms with Crippen LogP contribution in [0.2, 0.25) is 0 Å². The highest BCUT2D eigenvalue weighted by Gasteiger charge is 2.12. The molecule has 0 unspecified atom stereocenters. The molecular formula is C18H21NO4. The molecule has 2 aromatic rings. The summed E-state index contributed by atoms with van der Waals surface area (Å²) in [5.41, 5.74) is 2.61. The predicted octanol–water partition coefficient (Wildman–Crippen LogP) is 3.20. The number of benzene rings is 2. The molecule has 0 bridgehead atoms. The summed E-state index contributed by atoms with van der Waals surface area (Å²) in [4.78, 5) is 12.2. The molecule has 0 heterocycles. The van der Waals surface area contributed by atoms with E-state index >= 15 is 0 Å². The van der Waals surface area contributed by atoms with Crippen molar-refractivity contribution in [1.82, 2.24) is 0 Å². The number of methoxy groups -OCH3 is 3. The highest BCUT2D eigenvalue weighted by atomic mass is 16.5. The molecule has 2 aromatic carbocycles. The van der Waals surface area contributed by atoms with E-state index in [0.29, 0.717) is 11.5 Å². The van der Waals surface area contributed by atoms with Gasteiger partial charge in [0.2, 0.25) is 5.91 Å². The molecule has 5 heteroatoms. The number of anilines is 1. The topological polar surface area (TPSA) is 56.8 Å². The third kappa shape index (κ3) is 4.16. The Hall–Kier alpha value is -2.69. The van der Waals surface area contributed by atoms with Gasteiger partial charge in [-0.3, -0.25) is 4.79 Å². The van der Waals surface area contributed by atoms with E-state index < -0.39 is 0 Å². The second kappa shape index (κ2) is 7.54. The molecular weight excluding hydrogens is 294 g/mol. The fourth-order valence-electron chi connectivity index (χ4n) is 2.27. The van der Waals surface area contributed by atoms with E-state index in [1.54, 1.807) is 45.6 Å². The fourth-order valence-corrected chi connectivity index (χ4v) is 2.27. The summed E-state index contributed by atoms with van der Waals surface area (Å²) in [5, 5.41) is 2.87. The molecule has 122 valence electrons. The van der Waals surface area contributed by atoms with Gasteiger partial charge >= 0.3 is 0 Å². The van der Waals surface area contributed by atoms with Gasteiger partial charge in [0, 0.05) is 5.69 Å². The molecule has 0 aliphatic rings. The molecule has 1 amide bonds. The van der Waals surface area contributed by atoms with Crippen molar-refractivity contribution < 1.29 is 19.0 Å². The van der Waals surface area contributed by atoms with Crippen LogP contribution in [-0.2, 0) is 11.2 Å². The highest BCUT2D eigenvalue weighted by Crippen LogP contribution is 2.30. The van der Waals surface area contributed by atoms with Crippen LogP contribution in [-0.4, -0.2) is 27.2 Å². The van der Waals surface area contributed by atoms with E-state index in [9.17, 15) is 4.79 Å². The fraction of sp³-hybridized carbons (Fsp3) is 0.278. The van der Waals surface area contributed by atoms with Crippen molar-refractivity contribution in [2.45, 2.75) is 13.3 Å². The lowest BCUT2D eigenvalue weighted by atomic mass is 10.0. The van der Waals surface area contributed by atoms with E-state index in [4.69, 9.17) is 14.2 Å². The Morgan fingerprint density at radius 2 is 1.57 bits per heavy atom. The normalized spacial score (nSPS) is 10.1. The van der Waals surface area contributed by atoms with Crippen molar-refractivity contribution in [3.8, 4) is 17.2 Å². The maximum Gasteiger partial charge on any atom is 0.228 e. The predicted molar refractivity (Wildman–Crippen MR) is 89.6 cm³/mol. The third-order valence-corrected chi connectivity index (χ3v) is 3.57.